The van der Waals surface area contributed by atoms with E-state index >= 15 is 0 Å². The molecule has 0 aliphatic carbocycles. The third kappa shape index (κ3) is 3.76. The Hall–Kier alpha value is -2.77. The minimum atomic E-state index is -0.752. The van der Waals surface area contributed by atoms with Gasteiger partial charge in [0, 0.05) is 37.9 Å². The first-order valence-corrected chi connectivity index (χ1v) is 7.40. The van der Waals surface area contributed by atoms with Crippen LogP contribution in [0, 0.1) is 17.5 Å². The molecule has 1 saturated heterocycles. The lowest BCUT2D eigenvalue weighted by Gasteiger charge is -2.35. The van der Waals surface area contributed by atoms with Crippen molar-refractivity contribution in [2.24, 2.45) is 0 Å². The van der Waals surface area contributed by atoms with Gasteiger partial charge in [0.2, 0.25) is 0 Å². The zero-order valence-electron chi connectivity index (χ0n) is 12.7. The van der Waals surface area contributed by atoms with Crippen LogP contribution in [0.15, 0.2) is 36.5 Å². The number of nitrogens with one attached hydrogen (secondary N) is 1. The van der Waals surface area contributed by atoms with E-state index < -0.39 is 23.5 Å². The van der Waals surface area contributed by atoms with Crippen LogP contribution in [0.3, 0.4) is 0 Å². The Kier molecular flexibility index (Phi) is 4.54. The van der Waals surface area contributed by atoms with Crippen molar-refractivity contribution >= 4 is 17.5 Å². The van der Waals surface area contributed by atoms with Crippen LogP contribution < -0.4 is 10.2 Å². The maximum atomic E-state index is 13.1. The summed E-state index contributed by atoms with van der Waals surface area (Å²) in [6.45, 7) is 1.90. The van der Waals surface area contributed by atoms with E-state index in [1.54, 1.807) is 11.0 Å². The van der Waals surface area contributed by atoms with Crippen molar-refractivity contribution in [1.82, 2.24) is 9.88 Å². The van der Waals surface area contributed by atoms with Gasteiger partial charge >= 0.3 is 6.03 Å². The highest BCUT2D eigenvalue weighted by atomic mass is 19.1. The fourth-order valence-corrected chi connectivity index (χ4v) is 2.52. The lowest BCUT2D eigenvalue weighted by atomic mass is 10.3. The Labute approximate surface area is 136 Å². The van der Waals surface area contributed by atoms with Gasteiger partial charge in [-0.3, -0.25) is 0 Å². The topological polar surface area (TPSA) is 48.5 Å². The van der Waals surface area contributed by atoms with E-state index in [0.29, 0.717) is 32.0 Å². The summed E-state index contributed by atoms with van der Waals surface area (Å²) in [6, 6.07) is 5.34. The monoisotopic (exact) mass is 336 g/mol. The highest BCUT2D eigenvalue weighted by molar-refractivity contribution is 5.89. The molecule has 0 radical (unpaired) electrons. The number of halogens is 3. The molecule has 126 valence electrons. The minimum Gasteiger partial charge on any atom is -0.353 e. The quantitative estimate of drug-likeness (QED) is 0.917. The summed E-state index contributed by atoms with van der Waals surface area (Å²) >= 11 is 0. The number of nitrogens with zero attached hydrogens (tertiary/aromatic N) is 3. The Bertz CT molecular complexity index is 710. The number of urea groups is 1. The fourth-order valence-electron chi connectivity index (χ4n) is 2.52. The van der Waals surface area contributed by atoms with Gasteiger partial charge in [-0.25, -0.2) is 22.9 Å². The SMILES string of the molecule is O=C(Nc1cc(F)cc(F)c1)N1CCN(c2ccc(F)cn2)CC1. The average Bonchev–Trinajstić information content (AvgIpc) is 2.55. The molecule has 0 spiro atoms. The van der Waals surface area contributed by atoms with Crippen molar-refractivity contribution < 1.29 is 18.0 Å². The van der Waals surface area contributed by atoms with E-state index in [-0.39, 0.29) is 5.69 Å². The highest BCUT2D eigenvalue weighted by Gasteiger charge is 2.22. The third-order valence-electron chi connectivity index (χ3n) is 3.72. The molecule has 2 heterocycles. The summed E-state index contributed by atoms with van der Waals surface area (Å²) in [4.78, 5) is 19.7. The van der Waals surface area contributed by atoms with Crippen LogP contribution in [0.2, 0.25) is 0 Å². The number of carbonyl (C=O) groups is 1. The number of benzene rings is 1. The Morgan fingerprint density at radius 3 is 2.21 bits per heavy atom. The fraction of sp³-hybridized carbons (Fsp3) is 0.250. The van der Waals surface area contributed by atoms with E-state index in [1.807, 2.05) is 4.90 Å². The second-order valence-electron chi connectivity index (χ2n) is 5.40. The van der Waals surface area contributed by atoms with Crippen LogP contribution in [0.5, 0.6) is 0 Å². The summed E-state index contributed by atoms with van der Waals surface area (Å²) in [7, 11) is 0. The smallest absolute Gasteiger partial charge is 0.321 e. The van der Waals surface area contributed by atoms with Crippen molar-refractivity contribution in [3.63, 3.8) is 0 Å². The van der Waals surface area contributed by atoms with Crippen LogP contribution in [0.4, 0.5) is 29.5 Å². The normalized spacial score (nSPS) is 14.6. The first-order chi connectivity index (χ1) is 11.5. The summed E-state index contributed by atoms with van der Waals surface area (Å²) in [5, 5.41) is 2.48. The first-order valence-electron chi connectivity index (χ1n) is 7.40. The van der Waals surface area contributed by atoms with Crippen molar-refractivity contribution in [1.29, 1.82) is 0 Å². The van der Waals surface area contributed by atoms with Crippen LogP contribution in [-0.4, -0.2) is 42.1 Å². The van der Waals surface area contributed by atoms with Gasteiger partial charge < -0.3 is 15.1 Å². The van der Waals surface area contributed by atoms with Gasteiger partial charge in [0.1, 0.15) is 23.3 Å². The van der Waals surface area contributed by atoms with Crippen molar-refractivity contribution in [3.05, 3.63) is 54.0 Å². The van der Waals surface area contributed by atoms with E-state index in [1.165, 1.54) is 6.07 Å². The molecule has 24 heavy (non-hydrogen) atoms. The number of carbonyl (C=O) groups excluding carboxylic acids is 1. The molecule has 1 fully saturated rings. The first kappa shape index (κ1) is 16.1. The van der Waals surface area contributed by atoms with Crippen molar-refractivity contribution in [3.8, 4) is 0 Å². The number of piperazine rings is 1. The molecule has 1 aromatic heterocycles. The molecule has 0 bridgehead atoms. The molecule has 1 aliphatic heterocycles. The van der Waals surface area contributed by atoms with Gasteiger partial charge in [-0.1, -0.05) is 0 Å². The number of hydrogen-bond donors (Lipinski definition) is 1. The number of aromatic nitrogens is 1. The Morgan fingerprint density at radius 2 is 1.62 bits per heavy atom. The summed E-state index contributed by atoms with van der Waals surface area (Å²) < 4.78 is 39.2. The van der Waals surface area contributed by atoms with Gasteiger partial charge in [-0.05, 0) is 24.3 Å². The van der Waals surface area contributed by atoms with Crippen LogP contribution in [-0.2, 0) is 0 Å². The van der Waals surface area contributed by atoms with Crippen LogP contribution in [0.25, 0.3) is 0 Å². The summed E-state index contributed by atoms with van der Waals surface area (Å²) in [5.41, 5.74) is 0.0696. The molecule has 1 N–H and O–H groups in total. The summed E-state index contributed by atoms with van der Waals surface area (Å²) in [5.74, 6) is -1.27. The number of anilines is 2. The molecule has 2 aromatic rings. The Morgan fingerprint density at radius 1 is 0.958 bits per heavy atom. The van der Waals surface area contributed by atoms with Gasteiger partial charge in [0.15, 0.2) is 0 Å². The van der Waals surface area contributed by atoms with Gasteiger partial charge in [-0.2, -0.15) is 0 Å². The standard InChI is InChI=1S/C16H15F3N4O/c17-11-1-2-15(20-10-11)22-3-5-23(6-4-22)16(24)21-14-8-12(18)7-13(19)9-14/h1-2,7-10H,3-6H2,(H,21,24). The average molecular weight is 336 g/mol. The van der Waals surface area contributed by atoms with E-state index in [2.05, 4.69) is 10.3 Å². The zero-order valence-corrected chi connectivity index (χ0v) is 12.7. The van der Waals surface area contributed by atoms with Crippen molar-refractivity contribution in [2.75, 3.05) is 36.4 Å². The van der Waals surface area contributed by atoms with Gasteiger partial charge in [0.25, 0.3) is 0 Å². The maximum Gasteiger partial charge on any atom is 0.321 e. The molecule has 0 saturated carbocycles. The second-order valence-corrected chi connectivity index (χ2v) is 5.40. The second kappa shape index (κ2) is 6.77. The lowest BCUT2D eigenvalue weighted by Crippen LogP contribution is -2.50. The number of amides is 2. The largest absolute Gasteiger partial charge is 0.353 e. The minimum absolute atomic E-state index is 0.0696. The lowest BCUT2D eigenvalue weighted by molar-refractivity contribution is 0.208. The van der Waals surface area contributed by atoms with E-state index in [9.17, 15) is 18.0 Å². The molecule has 2 amide bonds. The van der Waals surface area contributed by atoms with Gasteiger partial charge in [-0.15, -0.1) is 0 Å². The number of hydrogen-bond acceptors (Lipinski definition) is 3. The zero-order chi connectivity index (χ0) is 17.1. The maximum absolute atomic E-state index is 13.1. The summed E-state index contributed by atoms with van der Waals surface area (Å²) in [6.07, 6.45) is 1.15. The predicted octanol–water partition coefficient (Wildman–Crippen LogP) is 2.85. The molecule has 3 rings (SSSR count). The molecule has 1 aliphatic rings. The molecular formula is C16H15F3N4O. The van der Waals surface area contributed by atoms with E-state index in [4.69, 9.17) is 0 Å². The molecule has 0 unspecified atom stereocenters. The highest BCUT2D eigenvalue weighted by Crippen LogP contribution is 2.16. The van der Waals surface area contributed by atoms with Crippen LogP contribution >= 0.6 is 0 Å². The molecule has 8 heteroatoms. The molecule has 0 atom stereocenters. The molecule has 5 nitrogen and oxygen atoms in total. The molecular weight excluding hydrogens is 321 g/mol. The predicted molar refractivity (Wildman–Crippen MR) is 83.4 cm³/mol. The molecule has 1 aromatic carbocycles. The third-order valence-corrected chi connectivity index (χ3v) is 3.72. The number of pyridine rings is 1. The Balaban J connectivity index is 1.57. The van der Waals surface area contributed by atoms with Crippen molar-refractivity contribution in [2.45, 2.75) is 0 Å². The van der Waals surface area contributed by atoms with Gasteiger partial charge in [0.05, 0.1) is 6.20 Å². The number of rotatable bonds is 2. The van der Waals surface area contributed by atoms with Crippen LogP contribution in [0.1, 0.15) is 0 Å². The van der Waals surface area contributed by atoms with E-state index in [0.717, 1.165) is 24.4 Å².